The highest BCUT2D eigenvalue weighted by Gasteiger charge is 2.71. The fraction of sp³-hybridized carbons (Fsp3) is 0.355. The van der Waals surface area contributed by atoms with Gasteiger partial charge in [-0.2, -0.15) is 0 Å². The van der Waals surface area contributed by atoms with Crippen molar-refractivity contribution in [2.75, 3.05) is 24.0 Å². The maximum absolute atomic E-state index is 16.1. The Morgan fingerprint density at radius 2 is 1.95 bits per heavy atom. The van der Waals surface area contributed by atoms with Gasteiger partial charge in [0.05, 0.1) is 30.5 Å². The zero-order chi connectivity index (χ0) is 31.0. The first-order chi connectivity index (χ1) is 20.3. The highest BCUT2D eigenvalue weighted by atomic mass is 35.5. The number of hydrogen-bond donors (Lipinski definition) is 2. The van der Waals surface area contributed by atoms with Crippen LogP contribution in [-0.4, -0.2) is 53.5 Å². The molecule has 2 fully saturated rings. The molecule has 0 aliphatic carbocycles. The van der Waals surface area contributed by atoms with Crippen LogP contribution in [0.4, 0.5) is 15.8 Å². The highest BCUT2D eigenvalue weighted by molar-refractivity contribution is 6.31. The number of hydrogen-bond acceptors (Lipinski definition) is 6. The van der Waals surface area contributed by atoms with E-state index < -0.39 is 35.1 Å². The van der Waals surface area contributed by atoms with Gasteiger partial charge in [-0.1, -0.05) is 56.1 Å². The summed E-state index contributed by atoms with van der Waals surface area (Å²) in [5.41, 5.74) is 5.62. The van der Waals surface area contributed by atoms with Gasteiger partial charge >= 0.3 is 0 Å². The molecule has 224 valence electrons. The Labute approximate surface area is 258 Å². The smallest absolute Gasteiger partial charge is 0.248 e. The first kappa shape index (κ1) is 29.3. The molecule has 0 bridgehead atoms. The van der Waals surface area contributed by atoms with Crippen molar-refractivity contribution in [1.82, 2.24) is 9.88 Å². The minimum atomic E-state index is -1.39. The number of ether oxygens (including phenoxy) is 1. The van der Waals surface area contributed by atoms with Gasteiger partial charge in [-0.25, -0.2) is 9.37 Å². The summed E-state index contributed by atoms with van der Waals surface area (Å²) in [5.74, 6) is -2.74. The SMILES string of the molecule is COc1cc(C(N)=O)ccc1N1CN2[C@@H](CC(C)(C)C)[C@@]3(C(=O)Nc4cc(Cl)ncc43)[C@@H](c3cccc(Cl)c3F)[C@@H]2C1=O. The molecule has 3 amide bonds. The zero-order valence-corrected chi connectivity index (χ0v) is 25.5. The van der Waals surface area contributed by atoms with E-state index >= 15 is 4.39 Å². The van der Waals surface area contributed by atoms with Gasteiger partial charge in [-0.05, 0) is 47.7 Å². The molecule has 2 saturated heterocycles. The third-order valence-corrected chi connectivity index (χ3v) is 9.23. The molecule has 0 unspecified atom stereocenters. The number of methoxy groups -OCH3 is 1. The topological polar surface area (TPSA) is 118 Å². The van der Waals surface area contributed by atoms with E-state index in [0.717, 1.165) is 0 Å². The number of pyridine rings is 1. The number of halogens is 3. The van der Waals surface area contributed by atoms with Crippen LogP contribution in [0.2, 0.25) is 10.2 Å². The number of nitrogens with one attached hydrogen (secondary N) is 1. The summed E-state index contributed by atoms with van der Waals surface area (Å²) >= 11 is 12.5. The minimum absolute atomic E-state index is 0.0839. The molecule has 0 radical (unpaired) electrons. The molecule has 6 rings (SSSR count). The fourth-order valence-corrected chi connectivity index (χ4v) is 7.44. The van der Waals surface area contributed by atoms with Crippen LogP contribution in [0.25, 0.3) is 0 Å². The highest BCUT2D eigenvalue weighted by Crippen LogP contribution is 2.61. The average molecular weight is 627 g/mol. The van der Waals surface area contributed by atoms with Gasteiger partial charge in [0.2, 0.25) is 17.7 Å². The standard InChI is InChI=1S/C31H30Cl2FN5O4/c1-30(2,3)12-22-31(17-13-36-23(33)11-19(17)37-29(31)42)24(16-6-5-7-18(32)25(16)34)26-28(41)38(14-39(22)26)20-9-8-15(27(35)40)10-21(20)43-4/h5-11,13,22,24,26H,12,14H2,1-4H3,(H2,35,40)(H,37,42)/t22-,24-,26+,31+/m0/s1. The predicted molar refractivity (Wildman–Crippen MR) is 161 cm³/mol. The minimum Gasteiger partial charge on any atom is -0.495 e. The molecular weight excluding hydrogens is 596 g/mol. The van der Waals surface area contributed by atoms with Crippen LogP contribution in [0.15, 0.2) is 48.7 Å². The number of nitrogens with zero attached hydrogens (tertiary/aromatic N) is 3. The van der Waals surface area contributed by atoms with E-state index in [-0.39, 0.29) is 51.0 Å². The molecule has 4 heterocycles. The first-order valence-electron chi connectivity index (χ1n) is 13.8. The van der Waals surface area contributed by atoms with Crippen LogP contribution >= 0.6 is 23.2 Å². The quantitative estimate of drug-likeness (QED) is 0.381. The number of carbonyl (C=O) groups excluding carboxylic acids is 3. The molecule has 43 heavy (non-hydrogen) atoms. The molecule has 3 aliphatic rings. The molecule has 0 saturated carbocycles. The van der Waals surface area contributed by atoms with Gasteiger partial charge in [-0.3, -0.25) is 24.2 Å². The molecule has 3 aromatic rings. The van der Waals surface area contributed by atoms with Crippen molar-refractivity contribution in [1.29, 1.82) is 0 Å². The lowest BCUT2D eigenvalue weighted by Gasteiger charge is -2.40. The largest absolute Gasteiger partial charge is 0.495 e. The summed E-state index contributed by atoms with van der Waals surface area (Å²) in [5, 5.41) is 3.05. The first-order valence-corrected chi connectivity index (χ1v) is 14.5. The molecule has 4 atom stereocenters. The molecule has 3 aliphatic heterocycles. The molecule has 2 aromatic carbocycles. The molecule has 3 N–H and O–H groups in total. The van der Waals surface area contributed by atoms with Crippen molar-refractivity contribution in [2.24, 2.45) is 11.1 Å². The number of rotatable bonds is 5. The normalized spacial score (nSPS) is 24.8. The van der Waals surface area contributed by atoms with Crippen LogP contribution in [0.1, 0.15) is 54.6 Å². The Bertz CT molecular complexity index is 1700. The maximum atomic E-state index is 16.1. The van der Waals surface area contributed by atoms with Crippen molar-refractivity contribution in [2.45, 2.75) is 50.6 Å². The number of fused-ring (bicyclic) bond motifs is 3. The van der Waals surface area contributed by atoms with E-state index in [1.165, 1.54) is 25.3 Å². The lowest BCUT2D eigenvalue weighted by atomic mass is 9.62. The third-order valence-electron chi connectivity index (χ3n) is 8.73. The van der Waals surface area contributed by atoms with Gasteiger partial charge in [0, 0.05) is 35.0 Å². The van der Waals surface area contributed by atoms with E-state index in [1.807, 2.05) is 4.90 Å². The van der Waals surface area contributed by atoms with Crippen LogP contribution in [-0.2, 0) is 15.0 Å². The van der Waals surface area contributed by atoms with Crippen molar-refractivity contribution in [3.63, 3.8) is 0 Å². The molecule has 12 heteroatoms. The van der Waals surface area contributed by atoms with Crippen molar-refractivity contribution >= 4 is 52.3 Å². The van der Waals surface area contributed by atoms with E-state index in [2.05, 4.69) is 31.1 Å². The molecule has 1 aromatic heterocycles. The Morgan fingerprint density at radius 1 is 1.21 bits per heavy atom. The summed E-state index contributed by atoms with van der Waals surface area (Å²) in [4.78, 5) is 48.6. The second-order valence-electron chi connectivity index (χ2n) is 12.4. The summed E-state index contributed by atoms with van der Waals surface area (Å²) in [6, 6.07) is 9.30. The van der Waals surface area contributed by atoms with Crippen molar-refractivity contribution in [3.8, 4) is 5.75 Å². The Hall–Kier alpha value is -3.73. The van der Waals surface area contributed by atoms with Gasteiger partial charge in [0.1, 0.15) is 22.1 Å². The summed E-state index contributed by atoms with van der Waals surface area (Å²) in [7, 11) is 1.44. The number of anilines is 2. The van der Waals surface area contributed by atoms with E-state index in [0.29, 0.717) is 23.4 Å². The number of primary amides is 1. The summed E-state index contributed by atoms with van der Waals surface area (Å²) < 4.78 is 21.6. The van der Waals surface area contributed by atoms with Crippen molar-refractivity contribution in [3.05, 3.63) is 81.3 Å². The molecular formula is C31H30Cl2FN5O4. The van der Waals surface area contributed by atoms with Crippen LogP contribution in [0.3, 0.4) is 0 Å². The lowest BCUT2D eigenvalue weighted by Crippen LogP contribution is -2.52. The monoisotopic (exact) mass is 625 g/mol. The third kappa shape index (κ3) is 4.38. The van der Waals surface area contributed by atoms with Gasteiger partial charge in [-0.15, -0.1) is 0 Å². The zero-order valence-electron chi connectivity index (χ0n) is 24.0. The molecule has 1 spiro atoms. The van der Waals surface area contributed by atoms with E-state index in [4.69, 9.17) is 33.7 Å². The fourth-order valence-electron chi connectivity index (χ4n) is 7.10. The second-order valence-corrected chi connectivity index (χ2v) is 13.2. The second kappa shape index (κ2) is 10.2. The Morgan fingerprint density at radius 3 is 2.63 bits per heavy atom. The van der Waals surface area contributed by atoms with Gasteiger partial charge in [0.15, 0.2) is 0 Å². The number of amides is 3. The summed E-state index contributed by atoms with van der Waals surface area (Å²) in [6.45, 7) is 6.25. The Balaban J connectivity index is 1.60. The predicted octanol–water partition coefficient (Wildman–Crippen LogP) is 5.10. The molecule has 9 nitrogen and oxygen atoms in total. The number of carbonyl (C=O) groups is 3. The van der Waals surface area contributed by atoms with E-state index in [1.54, 1.807) is 35.4 Å². The van der Waals surface area contributed by atoms with Crippen LogP contribution < -0.4 is 20.7 Å². The van der Waals surface area contributed by atoms with Crippen molar-refractivity contribution < 1.29 is 23.5 Å². The van der Waals surface area contributed by atoms with E-state index in [9.17, 15) is 14.4 Å². The van der Waals surface area contributed by atoms with Gasteiger partial charge in [0.25, 0.3) is 0 Å². The number of nitrogens with two attached hydrogens (primary N) is 1. The Kier molecular flexibility index (Phi) is 6.95. The number of benzene rings is 2. The lowest BCUT2D eigenvalue weighted by molar-refractivity contribution is -0.122. The van der Waals surface area contributed by atoms with Gasteiger partial charge < -0.3 is 15.8 Å². The average Bonchev–Trinajstić information content (AvgIpc) is 3.52. The van der Waals surface area contributed by atoms with Crippen LogP contribution in [0, 0.1) is 11.2 Å². The number of aromatic nitrogens is 1. The maximum Gasteiger partial charge on any atom is 0.248 e. The summed E-state index contributed by atoms with van der Waals surface area (Å²) in [6.07, 6.45) is 2.03. The van der Waals surface area contributed by atoms with Crippen LogP contribution in [0.5, 0.6) is 5.75 Å².